The standard InChI is InChI=1S/C14H16FIN2O/c1-3-4-17-13-7-10(8-19-2)18-14-11(13)5-9(15)6-12(14)16/h5-7H,3-4,8H2,1-2H3,(H,17,18). The molecule has 0 aliphatic carbocycles. The third-order valence-corrected chi connectivity index (χ3v) is 3.56. The summed E-state index contributed by atoms with van der Waals surface area (Å²) in [5.41, 5.74) is 2.57. The van der Waals surface area contributed by atoms with Gasteiger partial charge in [-0.15, -0.1) is 0 Å². The third kappa shape index (κ3) is 3.33. The minimum atomic E-state index is -0.238. The number of nitrogens with one attached hydrogen (secondary N) is 1. The van der Waals surface area contributed by atoms with Gasteiger partial charge in [-0.2, -0.15) is 0 Å². The van der Waals surface area contributed by atoms with Crippen molar-refractivity contribution in [3.8, 4) is 0 Å². The molecule has 19 heavy (non-hydrogen) atoms. The Kier molecular flexibility index (Phi) is 4.93. The second kappa shape index (κ2) is 6.47. The highest BCUT2D eigenvalue weighted by atomic mass is 127. The normalized spacial score (nSPS) is 10.9. The largest absolute Gasteiger partial charge is 0.384 e. The molecule has 0 aliphatic heterocycles. The molecule has 1 aromatic carbocycles. The fourth-order valence-corrected chi connectivity index (χ4v) is 2.64. The molecule has 0 bridgehead atoms. The molecule has 3 nitrogen and oxygen atoms in total. The molecule has 0 aliphatic rings. The number of fused-ring (bicyclic) bond motifs is 1. The van der Waals surface area contributed by atoms with Gasteiger partial charge in [-0.05, 0) is 47.2 Å². The van der Waals surface area contributed by atoms with Gasteiger partial charge in [0.15, 0.2) is 0 Å². The van der Waals surface area contributed by atoms with Gasteiger partial charge in [-0.1, -0.05) is 6.92 Å². The van der Waals surface area contributed by atoms with Gasteiger partial charge in [0.05, 0.1) is 17.8 Å². The minimum absolute atomic E-state index is 0.238. The van der Waals surface area contributed by atoms with Gasteiger partial charge < -0.3 is 10.1 Å². The van der Waals surface area contributed by atoms with Crippen LogP contribution < -0.4 is 5.32 Å². The predicted octanol–water partition coefficient (Wildman–Crippen LogP) is 3.95. The Balaban J connectivity index is 2.60. The molecule has 0 unspecified atom stereocenters. The van der Waals surface area contributed by atoms with Crippen LogP contribution in [0, 0.1) is 9.39 Å². The molecule has 0 saturated carbocycles. The molecule has 0 atom stereocenters. The highest BCUT2D eigenvalue weighted by Crippen LogP contribution is 2.28. The minimum Gasteiger partial charge on any atom is -0.384 e. The van der Waals surface area contributed by atoms with Crippen LogP contribution in [0.15, 0.2) is 18.2 Å². The smallest absolute Gasteiger partial charge is 0.125 e. The van der Waals surface area contributed by atoms with Crippen molar-refractivity contribution in [2.45, 2.75) is 20.0 Å². The van der Waals surface area contributed by atoms with Gasteiger partial charge in [0.2, 0.25) is 0 Å². The van der Waals surface area contributed by atoms with Crippen molar-refractivity contribution in [2.24, 2.45) is 0 Å². The Bertz CT molecular complexity index is 589. The van der Waals surface area contributed by atoms with Crippen LogP contribution in [0.3, 0.4) is 0 Å². The van der Waals surface area contributed by atoms with Crippen molar-refractivity contribution in [3.63, 3.8) is 0 Å². The molecule has 1 aromatic heterocycles. The molecule has 5 heteroatoms. The Morgan fingerprint density at radius 1 is 1.37 bits per heavy atom. The van der Waals surface area contributed by atoms with Crippen molar-refractivity contribution >= 4 is 39.2 Å². The summed E-state index contributed by atoms with van der Waals surface area (Å²) >= 11 is 2.11. The average Bonchev–Trinajstić information content (AvgIpc) is 2.37. The molecule has 1 N–H and O–H groups in total. The van der Waals surface area contributed by atoms with Crippen LogP contribution in [0.2, 0.25) is 0 Å². The summed E-state index contributed by atoms with van der Waals surface area (Å²) in [6.45, 7) is 3.39. The van der Waals surface area contributed by atoms with Gasteiger partial charge in [-0.25, -0.2) is 9.37 Å². The molecular formula is C14H16FIN2O. The molecular weight excluding hydrogens is 358 g/mol. The number of ether oxygens (including phenoxy) is 1. The van der Waals surface area contributed by atoms with Crippen LogP contribution in [0.25, 0.3) is 10.9 Å². The number of hydrogen-bond donors (Lipinski definition) is 1. The van der Waals surface area contributed by atoms with Crippen molar-refractivity contribution in [1.82, 2.24) is 4.98 Å². The average molecular weight is 374 g/mol. The molecule has 0 radical (unpaired) electrons. The zero-order valence-electron chi connectivity index (χ0n) is 11.0. The van der Waals surface area contributed by atoms with E-state index in [1.54, 1.807) is 7.11 Å². The summed E-state index contributed by atoms with van der Waals surface area (Å²) in [6, 6.07) is 4.95. The zero-order chi connectivity index (χ0) is 13.8. The second-order valence-electron chi connectivity index (χ2n) is 4.30. The highest BCUT2D eigenvalue weighted by molar-refractivity contribution is 14.1. The number of rotatable bonds is 5. The first kappa shape index (κ1) is 14.5. The highest BCUT2D eigenvalue weighted by Gasteiger charge is 2.10. The maximum Gasteiger partial charge on any atom is 0.125 e. The Hall–Kier alpha value is -0.950. The van der Waals surface area contributed by atoms with Crippen molar-refractivity contribution in [3.05, 3.63) is 33.3 Å². The van der Waals surface area contributed by atoms with E-state index in [0.717, 1.165) is 38.8 Å². The Labute approximate surface area is 125 Å². The summed E-state index contributed by atoms with van der Waals surface area (Å²) < 4.78 is 19.5. The number of hydrogen-bond acceptors (Lipinski definition) is 3. The van der Waals surface area contributed by atoms with Gasteiger partial charge in [-0.3, -0.25) is 0 Å². The number of anilines is 1. The van der Waals surface area contributed by atoms with E-state index in [1.165, 1.54) is 12.1 Å². The molecule has 102 valence electrons. The summed E-state index contributed by atoms with van der Waals surface area (Å²) in [5, 5.41) is 4.14. The van der Waals surface area contributed by atoms with E-state index in [9.17, 15) is 4.39 Å². The predicted molar refractivity (Wildman–Crippen MR) is 83.9 cm³/mol. The van der Waals surface area contributed by atoms with E-state index >= 15 is 0 Å². The third-order valence-electron chi connectivity index (χ3n) is 2.74. The topological polar surface area (TPSA) is 34.1 Å². The van der Waals surface area contributed by atoms with E-state index in [2.05, 4.69) is 39.8 Å². The van der Waals surface area contributed by atoms with Crippen LogP contribution in [0.4, 0.5) is 10.1 Å². The first-order valence-electron chi connectivity index (χ1n) is 6.17. The fourth-order valence-electron chi connectivity index (χ4n) is 1.93. The first-order valence-corrected chi connectivity index (χ1v) is 7.25. The lowest BCUT2D eigenvalue weighted by Crippen LogP contribution is -2.04. The number of methoxy groups -OCH3 is 1. The monoisotopic (exact) mass is 374 g/mol. The second-order valence-corrected chi connectivity index (χ2v) is 5.47. The quantitative estimate of drug-likeness (QED) is 0.805. The van der Waals surface area contributed by atoms with Gasteiger partial charge in [0, 0.05) is 28.3 Å². The van der Waals surface area contributed by atoms with Crippen molar-refractivity contribution in [2.75, 3.05) is 19.0 Å². The van der Waals surface area contributed by atoms with E-state index in [4.69, 9.17) is 4.74 Å². The van der Waals surface area contributed by atoms with Crippen LogP contribution >= 0.6 is 22.6 Å². The molecule has 0 saturated heterocycles. The number of benzene rings is 1. The SMILES string of the molecule is CCCNc1cc(COC)nc2c(I)cc(F)cc12. The van der Waals surface area contributed by atoms with Gasteiger partial charge >= 0.3 is 0 Å². The molecule has 0 amide bonds. The summed E-state index contributed by atoms with van der Waals surface area (Å²) in [4.78, 5) is 4.54. The number of nitrogens with zero attached hydrogens (tertiary/aromatic N) is 1. The number of aromatic nitrogens is 1. The maximum absolute atomic E-state index is 13.6. The Morgan fingerprint density at radius 2 is 2.16 bits per heavy atom. The molecule has 2 aromatic rings. The first-order chi connectivity index (χ1) is 9.15. The van der Waals surface area contributed by atoms with Gasteiger partial charge in [0.1, 0.15) is 5.82 Å². The van der Waals surface area contributed by atoms with E-state index < -0.39 is 0 Å². The molecule has 2 rings (SSSR count). The fraction of sp³-hybridized carbons (Fsp3) is 0.357. The lowest BCUT2D eigenvalue weighted by atomic mass is 10.1. The summed E-state index contributed by atoms with van der Waals surface area (Å²) in [5.74, 6) is -0.238. The number of pyridine rings is 1. The van der Waals surface area contributed by atoms with Crippen molar-refractivity contribution < 1.29 is 9.13 Å². The summed E-state index contributed by atoms with van der Waals surface area (Å²) in [7, 11) is 1.64. The van der Waals surface area contributed by atoms with Crippen LogP contribution in [-0.2, 0) is 11.3 Å². The summed E-state index contributed by atoms with van der Waals surface area (Å²) in [6.07, 6.45) is 1.01. The van der Waals surface area contributed by atoms with E-state index in [-0.39, 0.29) is 5.82 Å². The van der Waals surface area contributed by atoms with E-state index in [0.29, 0.717) is 6.61 Å². The van der Waals surface area contributed by atoms with Crippen LogP contribution in [-0.4, -0.2) is 18.6 Å². The molecule has 1 heterocycles. The van der Waals surface area contributed by atoms with Crippen LogP contribution in [0.1, 0.15) is 19.0 Å². The van der Waals surface area contributed by atoms with E-state index in [1.807, 2.05) is 6.07 Å². The molecule has 0 fully saturated rings. The molecule has 0 spiro atoms. The zero-order valence-corrected chi connectivity index (χ0v) is 13.1. The van der Waals surface area contributed by atoms with Gasteiger partial charge in [0.25, 0.3) is 0 Å². The van der Waals surface area contributed by atoms with Crippen molar-refractivity contribution in [1.29, 1.82) is 0 Å². The lowest BCUT2D eigenvalue weighted by Gasteiger charge is -2.12. The Morgan fingerprint density at radius 3 is 2.84 bits per heavy atom. The lowest BCUT2D eigenvalue weighted by molar-refractivity contribution is 0.182. The number of halogens is 2. The maximum atomic E-state index is 13.6. The van der Waals surface area contributed by atoms with Crippen LogP contribution in [0.5, 0.6) is 0 Å².